The van der Waals surface area contributed by atoms with Crippen LogP contribution >= 0.6 is 11.6 Å². The van der Waals surface area contributed by atoms with E-state index < -0.39 is 6.10 Å². The number of rotatable bonds is 4. The largest absolute Gasteiger partial charge is 0.387 e. The maximum atomic E-state index is 10.4. The summed E-state index contributed by atoms with van der Waals surface area (Å²) in [6, 6.07) is 17.7. The molecule has 0 amide bonds. The molecule has 1 aliphatic rings. The smallest absolute Gasteiger partial charge is 0.0952 e. The fourth-order valence-electron chi connectivity index (χ4n) is 2.83. The number of halogens is 1. The molecule has 0 aromatic heterocycles. The van der Waals surface area contributed by atoms with Crippen LogP contribution in [-0.2, 0) is 4.74 Å². The van der Waals surface area contributed by atoms with Crippen LogP contribution in [0.4, 0.5) is 0 Å². The van der Waals surface area contributed by atoms with Crippen molar-refractivity contribution >= 4 is 11.6 Å². The summed E-state index contributed by atoms with van der Waals surface area (Å²) in [6.45, 7) is 2.85. The first kappa shape index (κ1) is 15.5. The molecule has 1 aliphatic heterocycles. The van der Waals surface area contributed by atoms with E-state index in [9.17, 15) is 5.11 Å². The first-order valence-electron chi connectivity index (χ1n) is 7.55. The number of morpholine rings is 1. The Morgan fingerprint density at radius 2 is 1.86 bits per heavy atom. The monoisotopic (exact) mass is 317 g/mol. The van der Waals surface area contributed by atoms with Gasteiger partial charge in [-0.2, -0.15) is 0 Å². The number of aliphatic hydroxyl groups excluding tert-OH is 1. The van der Waals surface area contributed by atoms with E-state index >= 15 is 0 Å². The van der Waals surface area contributed by atoms with Crippen molar-refractivity contribution in [3.63, 3.8) is 0 Å². The lowest BCUT2D eigenvalue weighted by molar-refractivity contribution is -0.0424. The number of nitrogens with zero attached hydrogens (tertiary/aromatic N) is 1. The summed E-state index contributed by atoms with van der Waals surface area (Å²) >= 11 is 6.16. The van der Waals surface area contributed by atoms with Gasteiger partial charge in [-0.1, -0.05) is 60.1 Å². The quantitative estimate of drug-likeness (QED) is 0.937. The fourth-order valence-corrected chi connectivity index (χ4v) is 3.09. The SMILES string of the molecule is OC(CN1CCOC(c2ccccc2)C1)c1ccccc1Cl. The van der Waals surface area contributed by atoms with Crippen molar-refractivity contribution < 1.29 is 9.84 Å². The molecule has 1 saturated heterocycles. The van der Waals surface area contributed by atoms with Crippen molar-refractivity contribution in [3.8, 4) is 0 Å². The molecule has 0 saturated carbocycles. The molecule has 3 rings (SSSR count). The third-order valence-electron chi connectivity index (χ3n) is 4.02. The summed E-state index contributed by atoms with van der Waals surface area (Å²) in [4.78, 5) is 2.23. The Bertz CT molecular complexity index is 605. The van der Waals surface area contributed by atoms with Gasteiger partial charge in [-0.3, -0.25) is 4.90 Å². The zero-order chi connectivity index (χ0) is 15.4. The molecule has 2 atom stereocenters. The molecular formula is C18H20ClNO2. The van der Waals surface area contributed by atoms with E-state index in [0.717, 1.165) is 18.7 Å². The minimum Gasteiger partial charge on any atom is -0.387 e. The third-order valence-corrected chi connectivity index (χ3v) is 4.36. The highest BCUT2D eigenvalue weighted by molar-refractivity contribution is 6.31. The molecule has 0 aliphatic carbocycles. The maximum Gasteiger partial charge on any atom is 0.0952 e. The van der Waals surface area contributed by atoms with Crippen molar-refractivity contribution in [2.75, 3.05) is 26.2 Å². The van der Waals surface area contributed by atoms with Gasteiger partial charge in [-0.05, 0) is 11.6 Å². The van der Waals surface area contributed by atoms with Crippen LogP contribution in [0.1, 0.15) is 23.3 Å². The molecule has 4 heteroatoms. The molecule has 0 spiro atoms. The summed E-state index contributed by atoms with van der Waals surface area (Å²) in [5.74, 6) is 0. The highest BCUT2D eigenvalue weighted by Gasteiger charge is 2.24. The zero-order valence-electron chi connectivity index (χ0n) is 12.4. The van der Waals surface area contributed by atoms with Gasteiger partial charge in [-0.15, -0.1) is 0 Å². The summed E-state index contributed by atoms with van der Waals surface area (Å²) in [7, 11) is 0. The number of hydrogen-bond acceptors (Lipinski definition) is 3. The van der Waals surface area contributed by atoms with E-state index in [1.54, 1.807) is 0 Å². The van der Waals surface area contributed by atoms with E-state index in [1.807, 2.05) is 42.5 Å². The number of ether oxygens (including phenoxy) is 1. The molecule has 3 nitrogen and oxygen atoms in total. The van der Waals surface area contributed by atoms with Gasteiger partial charge in [0.25, 0.3) is 0 Å². The van der Waals surface area contributed by atoms with Gasteiger partial charge in [-0.25, -0.2) is 0 Å². The summed E-state index contributed by atoms with van der Waals surface area (Å²) < 4.78 is 5.86. The molecule has 1 heterocycles. The van der Waals surface area contributed by atoms with E-state index in [2.05, 4.69) is 17.0 Å². The van der Waals surface area contributed by atoms with Crippen molar-refractivity contribution in [2.45, 2.75) is 12.2 Å². The number of β-amino-alcohol motifs (C(OH)–C–C–N with tert-alkyl or cyclic N) is 1. The lowest BCUT2D eigenvalue weighted by atomic mass is 10.1. The lowest BCUT2D eigenvalue weighted by Gasteiger charge is -2.34. The molecule has 2 aromatic carbocycles. The van der Waals surface area contributed by atoms with Crippen molar-refractivity contribution in [3.05, 3.63) is 70.7 Å². The molecule has 0 radical (unpaired) electrons. The van der Waals surface area contributed by atoms with E-state index in [0.29, 0.717) is 18.2 Å². The Balaban J connectivity index is 1.64. The van der Waals surface area contributed by atoms with Crippen LogP contribution in [0.3, 0.4) is 0 Å². The molecule has 22 heavy (non-hydrogen) atoms. The first-order valence-corrected chi connectivity index (χ1v) is 7.93. The minimum absolute atomic E-state index is 0.0633. The molecule has 0 bridgehead atoms. The van der Waals surface area contributed by atoms with E-state index in [1.165, 1.54) is 5.56 Å². The average molecular weight is 318 g/mol. The average Bonchev–Trinajstić information content (AvgIpc) is 2.56. The predicted octanol–water partition coefficient (Wildman–Crippen LogP) is 3.45. The zero-order valence-corrected chi connectivity index (χ0v) is 13.1. The molecule has 2 unspecified atom stereocenters. The number of benzene rings is 2. The maximum absolute atomic E-state index is 10.4. The standard InChI is InChI=1S/C18H20ClNO2/c19-16-9-5-4-8-15(16)17(21)12-20-10-11-22-18(13-20)14-6-2-1-3-7-14/h1-9,17-18,21H,10-13H2. The van der Waals surface area contributed by atoms with Gasteiger partial charge in [0.05, 0.1) is 18.8 Å². The number of aliphatic hydroxyl groups is 1. The van der Waals surface area contributed by atoms with E-state index in [4.69, 9.17) is 16.3 Å². The van der Waals surface area contributed by atoms with Crippen LogP contribution in [0.2, 0.25) is 5.02 Å². The Morgan fingerprint density at radius 1 is 1.14 bits per heavy atom. The van der Waals surface area contributed by atoms with Crippen LogP contribution in [0.15, 0.2) is 54.6 Å². The Hall–Kier alpha value is -1.39. The summed E-state index contributed by atoms with van der Waals surface area (Å²) in [5, 5.41) is 11.1. The van der Waals surface area contributed by atoms with Crippen LogP contribution in [0.25, 0.3) is 0 Å². The van der Waals surface area contributed by atoms with Crippen LogP contribution < -0.4 is 0 Å². The van der Waals surface area contributed by atoms with Gasteiger partial charge in [0.1, 0.15) is 0 Å². The van der Waals surface area contributed by atoms with Gasteiger partial charge in [0, 0.05) is 30.2 Å². The van der Waals surface area contributed by atoms with Crippen molar-refractivity contribution in [2.24, 2.45) is 0 Å². The van der Waals surface area contributed by atoms with E-state index in [-0.39, 0.29) is 6.10 Å². The van der Waals surface area contributed by atoms with Gasteiger partial charge >= 0.3 is 0 Å². The van der Waals surface area contributed by atoms with Crippen LogP contribution in [0, 0.1) is 0 Å². The Kier molecular flexibility index (Phi) is 5.11. The first-order chi connectivity index (χ1) is 10.7. The van der Waals surface area contributed by atoms with Gasteiger partial charge < -0.3 is 9.84 Å². The van der Waals surface area contributed by atoms with Crippen LogP contribution in [-0.4, -0.2) is 36.2 Å². The second-order valence-corrected chi connectivity index (χ2v) is 5.97. The second kappa shape index (κ2) is 7.25. The second-order valence-electron chi connectivity index (χ2n) is 5.57. The molecule has 1 fully saturated rings. The highest BCUT2D eigenvalue weighted by Crippen LogP contribution is 2.26. The minimum atomic E-state index is -0.580. The Labute approximate surface area is 136 Å². The topological polar surface area (TPSA) is 32.7 Å². The lowest BCUT2D eigenvalue weighted by Crippen LogP contribution is -2.40. The number of hydrogen-bond donors (Lipinski definition) is 1. The predicted molar refractivity (Wildman–Crippen MR) is 88.0 cm³/mol. The van der Waals surface area contributed by atoms with Crippen LogP contribution in [0.5, 0.6) is 0 Å². The summed E-state index contributed by atoms with van der Waals surface area (Å²) in [5.41, 5.74) is 1.96. The molecule has 1 N–H and O–H groups in total. The normalized spacial score (nSPS) is 20.7. The molecule has 2 aromatic rings. The molecular weight excluding hydrogens is 298 g/mol. The highest BCUT2D eigenvalue weighted by atomic mass is 35.5. The molecule has 116 valence electrons. The fraction of sp³-hybridized carbons (Fsp3) is 0.333. The third kappa shape index (κ3) is 3.68. The van der Waals surface area contributed by atoms with Gasteiger partial charge in [0.15, 0.2) is 0 Å². The van der Waals surface area contributed by atoms with Crippen molar-refractivity contribution in [1.29, 1.82) is 0 Å². The summed E-state index contributed by atoms with van der Waals surface area (Å²) in [6.07, 6.45) is -0.517. The Morgan fingerprint density at radius 3 is 2.64 bits per heavy atom. The van der Waals surface area contributed by atoms with Gasteiger partial charge in [0.2, 0.25) is 0 Å². The van der Waals surface area contributed by atoms with Crippen molar-refractivity contribution in [1.82, 2.24) is 4.90 Å².